The van der Waals surface area contributed by atoms with Gasteiger partial charge in [-0.3, -0.25) is 4.79 Å². The van der Waals surface area contributed by atoms with Gasteiger partial charge in [-0.05, 0) is 12.8 Å². The Bertz CT molecular complexity index is 329. The Kier molecular flexibility index (Phi) is 4.19. The molecule has 0 spiro atoms. The number of rotatable bonds is 5. The van der Waals surface area contributed by atoms with E-state index in [0.29, 0.717) is 12.2 Å². The van der Waals surface area contributed by atoms with Crippen LogP contribution in [0, 0.1) is 0 Å². The van der Waals surface area contributed by atoms with Gasteiger partial charge >= 0.3 is 0 Å². The molecule has 0 unspecified atom stereocenters. The smallest absolute Gasteiger partial charge is 0.226 e. The van der Waals surface area contributed by atoms with Crippen molar-refractivity contribution in [1.82, 2.24) is 0 Å². The van der Waals surface area contributed by atoms with E-state index in [4.69, 9.17) is 9.52 Å². The molecule has 2 N–H and O–H groups in total. The van der Waals surface area contributed by atoms with Crippen molar-refractivity contribution < 1.29 is 14.6 Å². The predicted octanol–water partition coefficient (Wildman–Crippen LogP) is 1.05. The Labute approximate surface area is 81.8 Å². The summed E-state index contributed by atoms with van der Waals surface area (Å²) in [7, 11) is 0. The molecule has 0 amide bonds. The highest BCUT2D eigenvalue weighted by atomic mass is 16.4. The van der Waals surface area contributed by atoms with Crippen molar-refractivity contribution >= 4 is 0 Å². The Morgan fingerprint density at radius 3 is 2.79 bits per heavy atom. The quantitative estimate of drug-likeness (QED) is 0.694. The highest BCUT2D eigenvalue weighted by Crippen LogP contribution is 2.13. The van der Waals surface area contributed by atoms with Crippen LogP contribution < -0.4 is 5.43 Å². The Hall–Kier alpha value is -1.29. The molecule has 0 aliphatic carbocycles. The molecule has 0 fully saturated rings. The first kappa shape index (κ1) is 10.8. The topological polar surface area (TPSA) is 70.7 Å². The van der Waals surface area contributed by atoms with Crippen molar-refractivity contribution in [3.63, 3.8) is 0 Å². The first-order chi connectivity index (χ1) is 6.75. The van der Waals surface area contributed by atoms with Crippen LogP contribution in [0.15, 0.2) is 21.5 Å². The van der Waals surface area contributed by atoms with E-state index in [2.05, 4.69) is 0 Å². The van der Waals surface area contributed by atoms with Gasteiger partial charge in [-0.25, -0.2) is 0 Å². The Morgan fingerprint density at radius 1 is 1.29 bits per heavy atom. The van der Waals surface area contributed by atoms with Gasteiger partial charge in [0.25, 0.3) is 0 Å². The molecule has 78 valence electrons. The number of hydrogen-bond acceptors (Lipinski definition) is 4. The molecule has 0 saturated carbocycles. The van der Waals surface area contributed by atoms with Crippen LogP contribution in [0.5, 0.6) is 5.75 Å². The standard InChI is InChI=1S/C10H14O4/c11-6-3-1-2-4-9-10(13)8(12)5-7-14-9/h5,7,11,13H,1-4,6H2. The fourth-order valence-electron chi connectivity index (χ4n) is 1.20. The lowest BCUT2D eigenvalue weighted by Gasteiger charge is -2.01. The number of aryl methyl sites for hydroxylation is 1. The lowest BCUT2D eigenvalue weighted by molar-refractivity contribution is 0.282. The van der Waals surface area contributed by atoms with Crippen molar-refractivity contribution in [2.45, 2.75) is 25.7 Å². The summed E-state index contributed by atoms with van der Waals surface area (Å²) in [6.07, 6.45) is 4.19. The first-order valence-electron chi connectivity index (χ1n) is 4.66. The SMILES string of the molecule is O=c1ccoc(CCCCCO)c1O. The number of unbranched alkanes of at least 4 members (excludes halogenated alkanes) is 2. The average molecular weight is 198 g/mol. The predicted molar refractivity (Wildman–Crippen MR) is 51.3 cm³/mol. The van der Waals surface area contributed by atoms with Crippen LogP contribution in [-0.4, -0.2) is 16.8 Å². The maximum absolute atomic E-state index is 11.0. The van der Waals surface area contributed by atoms with E-state index in [1.165, 1.54) is 12.3 Å². The van der Waals surface area contributed by atoms with Gasteiger partial charge < -0.3 is 14.6 Å². The van der Waals surface area contributed by atoms with E-state index in [1.54, 1.807) is 0 Å². The number of aromatic hydroxyl groups is 1. The van der Waals surface area contributed by atoms with Gasteiger partial charge in [0.1, 0.15) is 5.76 Å². The minimum atomic E-state index is -0.409. The van der Waals surface area contributed by atoms with E-state index in [1.807, 2.05) is 0 Å². The van der Waals surface area contributed by atoms with E-state index < -0.39 is 5.43 Å². The molecular formula is C10H14O4. The van der Waals surface area contributed by atoms with Crippen molar-refractivity contribution in [2.75, 3.05) is 6.61 Å². The van der Waals surface area contributed by atoms with Crippen molar-refractivity contribution in [3.05, 3.63) is 28.3 Å². The molecule has 0 atom stereocenters. The Balaban J connectivity index is 2.51. The number of aliphatic hydroxyl groups is 1. The van der Waals surface area contributed by atoms with Crippen LogP contribution in [0.2, 0.25) is 0 Å². The largest absolute Gasteiger partial charge is 0.502 e. The molecule has 0 aliphatic heterocycles. The second kappa shape index (κ2) is 5.44. The number of hydrogen-bond donors (Lipinski definition) is 2. The molecule has 0 bridgehead atoms. The summed E-state index contributed by atoms with van der Waals surface area (Å²) in [5.41, 5.74) is -0.409. The highest BCUT2D eigenvalue weighted by molar-refractivity contribution is 5.22. The third-order valence-corrected chi connectivity index (χ3v) is 1.99. The van der Waals surface area contributed by atoms with Crippen molar-refractivity contribution in [1.29, 1.82) is 0 Å². The molecule has 0 aliphatic rings. The summed E-state index contributed by atoms with van der Waals surface area (Å²) in [5.74, 6) is 0.0342. The molecule has 1 aromatic rings. The second-order valence-corrected chi connectivity index (χ2v) is 3.09. The van der Waals surface area contributed by atoms with Crippen molar-refractivity contribution in [3.8, 4) is 5.75 Å². The molecule has 4 heteroatoms. The molecule has 0 radical (unpaired) electrons. The van der Waals surface area contributed by atoms with E-state index in [-0.39, 0.29) is 12.4 Å². The minimum Gasteiger partial charge on any atom is -0.502 e. The highest BCUT2D eigenvalue weighted by Gasteiger charge is 2.06. The van der Waals surface area contributed by atoms with E-state index in [9.17, 15) is 9.90 Å². The minimum absolute atomic E-state index is 0.171. The third kappa shape index (κ3) is 2.88. The summed E-state index contributed by atoms with van der Waals surface area (Å²) in [6.45, 7) is 0.171. The lowest BCUT2D eigenvalue weighted by atomic mass is 10.1. The average Bonchev–Trinajstić information content (AvgIpc) is 2.19. The van der Waals surface area contributed by atoms with Crippen LogP contribution in [0.4, 0.5) is 0 Å². The zero-order valence-corrected chi connectivity index (χ0v) is 7.90. The van der Waals surface area contributed by atoms with Gasteiger partial charge in [-0.1, -0.05) is 6.42 Å². The van der Waals surface area contributed by atoms with Crippen LogP contribution in [-0.2, 0) is 6.42 Å². The third-order valence-electron chi connectivity index (χ3n) is 1.99. The van der Waals surface area contributed by atoms with Gasteiger partial charge in [-0.2, -0.15) is 0 Å². The fourth-order valence-corrected chi connectivity index (χ4v) is 1.20. The molecule has 0 saturated heterocycles. The monoisotopic (exact) mass is 198 g/mol. The summed E-state index contributed by atoms with van der Waals surface area (Å²) in [6, 6.07) is 1.19. The maximum Gasteiger partial charge on any atom is 0.226 e. The fraction of sp³-hybridized carbons (Fsp3) is 0.500. The zero-order valence-electron chi connectivity index (χ0n) is 7.90. The summed E-state index contributed by atoms with van der Waals surface area (Å²) < 4.78 is 5.01. The van der Waals surface area contributed by atoms with Gasteiger partial charge in [0.05, 0.1) is 6.26 Å². The summed E-state index contributed by atoms with van der Waals surface area (Å²) in [4.78, 5) is 11.0. The molecule has 0 aromatic carbocycles. The van der Waals surface area contributed by atoms with Crippen LogP contribution in [0.1, 0.15) is 25.0 Å². The molecule has 1 aromatic heterocycles. The normalized spacial score (nSPS) is 10.4. The van der Waals surface area contributed by atoms with Gasteiger partial charge in [0.15, 0.2) is 0 Å². The summed E-state index contributed by atoms with van der Waals surface area (Å²) in [5, 5.41) is 17.8. The van der Waals surface area contributed by atoms with Crippen LogP contribution >= 0.6 is 0 Å². The van der Waals surface area contributed by atoms with Crippen molar-refractivity contribution in [2.24, 2.45) is 0 Å². The molecule has 14 heavy (non-hydrogen) atoms. The number of aliphatic hydroxyl groups excluding tert-OH is 1. The van der Waals surface area contributed by atoms with Crippen LogP contribution in [0.25, 0.3) is 0 Å². The molecule has 1 rings (SSSR count). The lowest BCUT2D eigenvalue weighted by Crippen LogP contribution is -2.01. The van der Waals surface area contributed by atoms with Crippen LogP contribution in [0.3, 0.4) is 0 Å². The van der Waals surface area contributed by atoms with Gasteiger partial charge in [0.2, 0.25) is 11.2 Å². The first-order valence-corrected chi connectivity index (χ1v) is 4.66. The Morgan fingerprint density at radius 2 is 2.07 bits per heavy atom. The van der Waals surface area contributed by atoms with Gasteiger partial charge in [0, 0.05) is 19.1 Å². The van der Waals surface area contributed by atoms with E-state index in [0.717, 1.165) is 19.3 Å². The van der Waals surface area contributed by atoms with E-state index >= 15 is 0 Å². The maximum atomic E-state index is 11.0. The summed E-state index contributed by atoms with van der Waals surface area (Å²) >= 11 is 0. The van der Waals surface area contributed by atoms with Gasteiger partial charge in [-0.15, -0.1) is 0 Å². The zero-order chi connectivity index (χ0) is 10.4. The second-order valence-electron chi connectivity index (χ2n) is 3.09. The molecular weight excluding hydrogens is 184 g/mol. The molecule has 1 heterocycles. The molecule has 4 nitrogen and oxygen atoms in total.